The molecule has 0 radical (unpaired) electrons. The van der Waals surface area contributed by atoms with Crippen molar-refractivity contribution in [1.29, 1.82) is 0 Å². The van der Waals surface area contributed by atoms with Gasteiger partial charge in [0.25, 0.3) is 0 Å². The number of hydrogen-bond donors (Lipinski definition) is 1. The number of nitrogens with zero attached hydrogens (tertiary/aromatic N) is 5. The zero-order valence-electron chi connectivity index (χ0n) is 17.1. The molecule has 29 heavy (non-hydrogen) atoms. The van der Waals surface area contributed by atoms with E-state index < -0.39 is 0 Å². The second-order valence-corrected chi connectivity index (χ2v) is 7.55. The van der Waals surface area contributed by atoms with Gasteiger partial charge in [0.05, 0.1) is 0 Å². The van der Waals surface area contributed by atoms with Crippen molar-refractivity contribution in [3.8, 4) is 0 Å². The second-order valence-electron chi connectivity index (χ2n) is 7.55. The summed E-state index contributed by atoms with van der Waals surface area (Å²) in [4.78, 5) is 16.0. The fourth-order valence-corrected chi connectivity index (χ4v) is 3.53. The highest BCUT2D eigenvalue weighted by Crippen LogP contribution is 2.20. The van der Waals surface area contributed by atoms with E-state index in [0.29, 0.717) is 5.95 Å². The number of anilines is 4. The first-order valence-electron chi connectivity index (χ1n) is 10.1. The minimum absolute atomic E-state index is 0.631. The highest BCUT2D eigenvalue weighted by Gasteiger charge is 2.18. The van der Waals surface area contributed by atoms with Crippen molar-refractivity contribution in [1.82, 2.24) is 14.9 Å². The molecular weight excluding hydrogens is 360 g/mol. The monoisotopic (exact) mass is 388 g/mol. The topological polar surface area (TPSA) is 47.5 Å². The van der Waals surface area contributed by atoms with E-state index in [0.717, 1.165) is 44.2 Å². The quantitative estimate of drug-likeness (QED) is 0.696. The van der Waals surface area contributed by atoms with Crippen LogP contribution in [0.2, 0.25) is 0 Å². The average Bonchev–Trinajstić information content (AvgIpc) is 2.76. The predicted octanol–water partition coefficient (Wildman–Crippen LogP) is 3.61. The van der Waals surface area contributed by atoms with E-state index in [2.05, 4.69) is 67.5 Å². The van der Waals surface area contributed by atoms with E-state index in [1.165, 1.54) is 11.3 Å². The Bertz CT molecular complexity index is 902. The van der Waals surface area contributed by atoms with Gasteiger partial charge in [0.2, 0.25) is 5.95 Å². The molecule has 1 saturated heterocycles. The Morgan fingerprint density at radius 2 is 1.62 bits per heavy atom. The standard InChI is InChI=1S/C23H28N6/c1-27(2)21-10-8-20(9-11-21)25-23-24-13-12-22(26-23)29-16-14-28(15-17-29)18-19-6-4-3-5-7-19/h3-13H,14-18H2,1-2H3,(H,24,25,26). The summed E-state index contributed by atoms with van der Waals surface area (Å²) in [5, 5.41) is 3.31. The molecule has 1 aromatic heterocycles. The van der Waals surface area contributed by atoms with Gasteiger partial charge >= 0.3 is 0 Å². The Kier molecular flexibility index (Phi) is 5.91. The van der Waals surface area contributed by atoms with Crippen molar-refractivity contribution in [2.75, 3.05) is 55.4 Å². The van der Waals surface area contributed by atoms with E-state index in [4.69, 9.17) is 4.98 Å². The summed E-state index contributed by atoms with van der Waals surface area (Å²) >= 11 is 0. The van der Waals surface area contributed by atoms with Crippen LogP contribution in [0.3, 0.4) is 0 Å². The van der Waals surface area contributed by atoms with Gasteiger partial charge in [0.1, 0.15) is 5.82 Å². The van der Waals surface area contributed by atoms with Gasteiger partial charge in [-0.05, 0) is 35.9 Å². The predicted molar refractivity (Wildman–Crippen MR) is 120 cm³/mol. The number of rotatable bonds is 6. The van der Waals surface area contributed by atoms with E-state index in [1.54, 1.807) is 0 Å². The third-order valence-electron chi connectivity index (χ3n) is 5.23. The third-order valence-corrected chi connectivity index (χ3v) is 5.23. The van der Waals surface area contributed by atoms with Crippen molar-refractivity contribution in [3.05, 3.63) is 72.4 Å². The number of benzene rings is 2. The largest absolute Gasteiger partial charge is 0.378 e. The van der Waals surface area contributed by atoms with E-state index >= 15 is 0 Å². The van der Waals surface area contributed by atoms with Crippen molar-refractivity contribution in [2.24, 2.45) is 0 Å². The van der Waals surface area contributed by atoms with Crippen LogP contribution in [0, 0.1) is 0 Å². The maximum absolute atomic E-state index is 4.73. The van der Waals surface area contributed by atoms with Crippen LogP contribution < -0.4 is 15.1 Å². The van der Waals surface area contributed by atoms with Gasteiger partial charge in [-0.1, -0.05) is 30.3 Å². The summed E-state index contributed by atoms with van der Waals surface area (Å²) in [6.45, 7) is 5.02. The summed E-state index contributed by atoms with van der Waals surface area (Å²) < 4.78 is 0. The zero-order chi connectivity index (χ0) is 20.1. The molecule has 1 fully saturated rings. The van der Waals surface area contributed by atoms with Crippen molar-refractivity contribution in [3.63, 3.8) is 0 Å². The highest BCUT2D eigenvalue weighted by atomic mass is 15.3. The fraction of sp³-hybridized carbons (Fsp3) is 0.304. The molecule has 1 aliphatic heterocycles. The average molecular weight is 389 g/mol. The molecule has 6 heteroatoms. The summed E-state index contributed by atoms with van der Waals surface area (Å²) in [6.07, 6.45) is 1.83. The molecule has 0 bridgehead atoms. The number of hydrogen-bond acceptors (Lipinski definition) is 6. The summed E-state index contributed by atoms with van der Waals surface area (Å²) in [6, 6.07) is 20.9. The molecule has 1 N–H and O–H groups in total. The minimum atomic E-state index is 0.631. The lowest BCUT2D eigenvalue weighted by Crippen LogP contribution is -2.46. The maximum atomic E-state index is 4.73. The smallest absolute Gasteiger partial charge is 0.229 e. The zero-order valence-corrected chi connectivity index (χ0v) is 17.1. The minimum Gasteiger partial charge on any atom is -0.378 e. The van der Waals surface area contributed by atoms with Gasteiger partial charge in [0, 0.05) is 64.4 Å². The lowest BCUT2D eigenvalue weighted by Gasteiger charge is -2.35. The van der Waals surface area contributed by atoms with E-state index in [1.807, 2.05) is 38.5 Å². The van der Waals surface area contributed by atoms with Gasteiger partial charge in [-0.25, -0.2) is 4.98 Å². The fourth-order valence-electron chi connectivity index (χ4n) is 3.53. The molecule has 0 saturated carbocycles. The Labute approximate surface area is 172 Å². The first-order valence-corrected chi connectivity index (χ1v) is 10.1. The van der Waals surface area contributed by atoms with Crippen molar-refractivity contribution < 1.29 is 0 Å². The van der Waals surface area contributed by atoms with Crippen LogP contribution in [-0.2, 0) is 6.54 Å². The molecule has 2 heterocycles. The normalized spacial score (nSPS) is 14.6. The van der Waals surface area contributed by atoms with Crippen LogP contribution in [0.1, 0.15) is 5.56 Å². The SMILES string of the molecule is CN(C)c1ccc(Nc2nccc(N3CCN(Cc4ccccc4)CC3)n2)cc1. The van der Waals surface area contributed by atoms with Gasteiger partial charge in [-0.15, -0.1) is 0 Å². The molecule has 6 nitrogen and oxygen atoms in total. The summed E-state index contributed by atoms with van der Waals surface area (Å²) in [5.74, 6) is 1.61. The number of piperazine rings is 1. The van der Waals surface area contributed by atoms with Crippen molar-refractivity contribution in [2.45, 2.75) is 6.54 Å². The van der Waals surface area contributed by atoms with Crippen LogP contribution in [-0.4, -0.2) is 55.1 Å². The second kappa shape index (κ2) is 8.92. The molecule has 0 amide bonds. The van der Waals surface area contributed by atoms with Crippen LogP contribution in [0.25, 0.3) is 0 Å². The number of nitrogens with one attached hydrogen (secondary N) is 1. The Morgan fingerprint density at radius 3 is 2.31 bits per heavy atom. The highest BCUT2D eigenvalue weighted by molar-refractivity contribution is 5.59. The van der Waals surface area contributed by atoms with Gasteiger partial charge in [0.15, 0.2) is 0 Å². The Hall–Kier alpha value is -3.12. The van der Waals surface area contributed by atoms with Crippen LogP contribution in [0.5, 0.6) is 0 Å². The van der Waals surface area contributed by atoms with Crippen LogP contribution in [0.4, 0.5) is 23.1 Å². The van der Waals surface area contributed by atoms with E-state index in [-0.39, 0.29) is 0 Å². The molecule has 150 valence electrons. The summed E-state index contributed by atoms with van der Waals surface area (Å²) in [7, 11) is 4.07. The molecule has 0 aliphatic carbocycles. The molecule has 0 atom stereocenters. The van der Waals surface area contributed by atoms with Gasteiger partial charge in [-0.3, -0.25) is 4.90 Å². The molecule has 1 aliphatic rings. The molecule has 2 aromatic carbocycles. The van der Waals surface area contributed by atoms with Crippen LogP contribution >= 0.6 is 0 Å². The Balaban J connectivity index is 1.35. The molecule has 0 unspecified atom stereocenters. The van der Waals surface area contributed by atoms with Crippen LogP contribution in [0.15, 0.2) is 66.9 Å². The number of aromatic nitrogens is 2. The van der Waals surface area contributed by atoms with Gasteiger partial charge in [-0.2, -0.15) is 4.98 Å². The maximum Gasteiger partial charge on any atom is 0.229 e. The lowest BCUT2D eigenvalue weighted by atomic mass is 10.2. The third kappa shape index (κ3) is 5.03. The first kappa shape index (κ1) is 19.2. The lowest BCUT2D eigenvalue weighted by molar-refractivity contribution is 0.249. The molecule has 3 aromatic rings. The Morgan fingerprint density at radius 1 is 0.897 bits per heavy atom. The van der Waals surface area contributed by atoms with E-state index in [9.17, 15) is 0 Å². The first-order chi connectivity index (χ1) is 14.2. The van der Waals surface area contributed by atoms with Gasteiger partial charge < -0.3 is 15.1 Å². The molecular formula is C23H28N6. The molecule has 0 spiro atoms. The van der Waals surface area contributed by atoms with Crippen molar-refractivity contribution >= 4 is 23.1 Å². The molecule has 4 rings (SSSR count). The summed E-state index contributed by atoms with van der Waals surface area (Å²) in [5.41, 5.74) is 3.52.